The highest BCUT2D eigenvalue weighted by atomic mass is 16.4. The molecular formula is C10H10N4O2. The number of pyridine rings is 1. The fraction of sp³-hybridized carbons (Fsp3) is 0.100. The number of primary amides is 1. The predicted octanol–water partition coefficient (Wildman–Crippen LogP) is 1.22. The van der Waals surface area contributed by atoms with Crippen molar-refractivity contribution in [3.05, 3.63) is 35.9 Å². The normalized spacial score (nSPS) is 10.1. The fourth-order valence-corrected chi connectivity index (χ4v) is 1.25. The lowest BCUT2D eigenvalue weighted by molar-refractivity contribution is 0.0999. The number of oxazole rings is 1. The zero-order valence-electron chi connectivity index (χ0n) is 8.60. The van der Waals surface area contributed by atoms with Gasteiger partial charge in [-0.2, -0.15) is 0 Å². The van der Waals surface area contributed by atoms with Crippen molar-refractivity contribution in [2.75, 3.05) is 5.32 Å². The van der Waals surface area contributed by atoms with Gasteiger partial charge in [-0.1, -0.05) is 0 Å². The molecule has 2 aromatic heterocycles. The first kappa shape index (κ1) is 10.2. The average Bonchev–Trinajstić information content (AvgIpc) is 2.73. The zero-order valence-corrected chi connectivity index (χ0v) is 8.60. The van der Waals surface area contributed by atoms with E-state index >= 15 is 0 Å². The summed E-state index contributed by atoms with van der Waals surface area (Å²) in [6.07, 6.45) is 4.50. The fourth-order valence-electron chi connectivity index (χ4n) is 1.25. The summed E-state index contributed by atoms with van der Waals surface area (Å²) in [5.74, 6) is -0.0304. The van der Waals surface area contributed by atoms with Crippen LogP contribution in [0.2, 0.25) is 0 Å². The number of carbonyl (C=O) groups excluding carboxylic acids is 1. The Bertz CT molecular complexity index is 508. The molecule has 1 amide bonds. The van der Waals surface area contributed by atoms with E-state index in [-0.39, 0.29) is 0 Å². The third kappa shape index (κ3) is 2.00. The summed E-state index contributed by atoms with van der Waals surface area (Å²) < 4.78 is 4.99. The molecule has 0 saturated heterocycles. The lowest BCUT2D eigenvalue weighted by Gasteiger charge is -2.04. The Morgan fingerprint density at radius 1 is 1.50 bits per heavy atom. The van der Waals surface area contributed by atoms with Crippen LogP contribution in [0.3, 0.4) is 0 Å². The van der Waals surface area contributed by atoms with E-state index in [1.807, 2.05) is 0 Å². The van der Waals surface area contributed by atoms with Crippen LogP contribution in [0.4, 0.5) is 11.8 Å². The van der Waals surface area contributed by atoms with Gasteiger partial charge in [-0.3, -0.25) is 10.1 Å². The Labute approximate surface area is 91.5 Å². The molecule has 0 aliphatic heterocycles. The number of aryl methyl sites for hydroxylation is 1. The maximum absolute atomic E-state index is 11.1. The number of rotatable bonds is 3. The van der Waals surface area contributed by atoms with Crippen molar-refractivity contribution in [3.63, 3.8) is 0 Å². The minimum atomic E-state index is -0.490. The zero-order chi connectivity index (χ0) is 11.5. The number of hydrogen-bond acceptors (Lipinski definition) is 5. The molecule has 0 spiro atoms. The SMILES string of the molecule is Cc1cnc(Nc2ncco2)cc1C(N)=O. The summed E-state index contributed by atoms with van der Waals surface area (Å²) in [4.78, 5) is 19.1. The molecule has 6 nitrogen and oxygen atoms in total. The van der Waals surface area contributed by atoms with Crippen molar-refractivity contribution in [2.24, 2.45) is 5.73 Å². The van der Waals surface area contributed by atoms with E-state index in [0.29, 0.717) is 17.4 Å². The number of anilines is 2. The van der Waals surface area contributed by atoms with Gasteiger partial charge in [0.1, 0.15) is 12.1 Å². The van der Waals surface area contributed by atoms with Crippen LogP contribution in [-0.2, 0) is 0 Å². The summed E-state index contributed by atoms with van der Waals surface area (Å²) in [5.41, 5.74) is 6.37. The molecule has 0 fully saturated rings. The largest absolute Gasteiger partial charge is 0.432 e. The van der Waals surface area contributed by atoms with E-state index < -0.39 is 5.91 Å². The van der Waals surface area contributed by atoms with Gasteiger partial charge in [-0.25, -0.2) is 9.97 Å². The lowest BCUT2D eigenvalue weighted by atomic mass is 10.1. The van der Waals surface area contributed by atoms with E-state index in [4.69, 9.17) is 10.2 Å². The highest BCUT2D eigenvalue weighted by Crippen LogP contribution is 2.15. The Morgan fingerprint density at radius 2 is 2.31 bits per heavy atom. The summed E-state index contributed by atoms with van der Waals surface area (Å²) in [6.45, 7) is 1.77. The molecule has 3 N–H and O–H groups in total. The Balaban J connectivity index is 2.29. The predicted molar refractivity (Wildman–Crippen MR) is 57.3 cm³/mol. The maximum Gasteiger partial charge on any atom is 0.300 e. The third-order valence-corrected chi connectivity index (χ3v) is 2.04. The summed E-state index contributed by atoms with van der Waals surface area (Å²) in [6, 6.07) is 1.87. The van der Waals surface area contributed by atoms with Crippen molar-refractivity contribution in [2.45, 2.75) is 6.92 Å². The molecule has 0 unspecified atom stereocenters. The maximum atomic E-state index is 11.1. The Kier molecular flexibility index (Phi) is 2.55. The minimum absolute atomic E-state index is 0.312. The molecule has 0 aromatic carbocycles. The van der Waals surface area contributed by atoms with Crippen LogP contribution in [0.1, 0.15) is 15.9 Å². The van der Waals surface area contributed by atoms with Crippen LogP contribution in [0.5, 0.6) is 0 Å². The topological polar surface area (TPSA) is 94.0 Å². The number of amides is 1. The van der Waals surface area contributed by atoms with E-state index in [1.165, 1.54) is 12.5 Å². The third-order valence-electron chi connectivity index (χ3n) is 2.04. The first-order chi connectivity index (χ1) is 7.66. The van der Waals surface area contributed by atoms with Crippen molar-refractivity contribution in [3.8, 4) is 0 Å². The molecule has 0 radical (unpaired) electrons. The molecule has 0 bridgehead atoms. The average molecular weight is 218 g/mol. The van der Waals surface area contributed by atoms with Gasteiger partial charge in [0.25, 0.3) is 6.01 Å². The van der Waals surface area contributed by atoms with Gasteiger partial charge in [0.2, 0.25) is 5.91 Å². The van der Waals surface area contributed by atoms with Gasteiger partial charge < -0.3 is 10.2 Å². The van der Waals surface area contributed by atoms with Crippen LogP contribution >= 0.6 is 0 Å². The van der Waals surface area contributed by atoms with Crippen LogP contribution in [0, 0.1) is 6.92 Å². The van der Waals surface area contributed by atoms with Crippen LogP contribution in [-0.4, -0.2) is 15.9 Å². The number of nitrogens with zero attached hydrogens (tertiary/aromatic N) is 2. The quantitative estimate of drug-likeness (QED) is 0.807. The Morgan fingerprint density at radius 3 is 2.94 bits per heavy atom. The molecule has 0 atom stereocenters. The molecule has 0 aliphatic rings. The van der Waals surface area contributed by atoms with Gasteiger partial charge in [-0.15, -0.1) is 0 Å². The highest BCUT2D eigenvalue weighted by Gasteiger charge is 2.08. The van der Waals surface area contributed by atoms with Crippen molar-refractivity contribution < 1.29 is 9.21 Å². The molecule has 2 aromatic rings. The second kappa shape index (κ2) is 4.01. The van der Waals surface area contributed by atoms with Crippen molar-refractivity contribution in [1.29, 1.82) is 0 Å². The second-order valence-corrected chi connectivity index (χ2v) is 3.21. The van der Waals surface area contributed by atoms with Gasteiger partial charge in [-0.05, 0) is 18.6 Å². The summed E-state index contributed by atoms with van der Waals surface area (Å²) >= 11 is 0. The monoisotopic (exact) mass is 218 g/mol. The number of carbonyl (C=O) groups is 1. The standard InChI is InChI=1S/C10H10N4O2/c1-6-5-13-8(4-7(6)9(11)15)14-10-12-2-3-16-10/h2-5H,1H3,(H2,11,15)(H,12,13,14). The molecule has 0 aliphatic carbocycles. The molecule has 0 saturated carbocycles. The minimum Gasteiger partial charge on any atom is -0.432 e. The van der Waals surface area contributed by atoms with Crippen molar-refractivity contribution >= 4 is 17.7 Å². The van der Waals surface area contributed by atoms with Gasteiger partial charge in [0, 0.05) is 11.8 Å². The van der Waals surface area contributed by atoms with Gasteiger partial charge in [0.05, 0.1) is 6.20 Å². The molecule has 6 heteroatoms. The first-order valence-corrected chi connectivity index (χ1v) is 4.60. The number of nitrogens with two attached hydrogens (primary N) is 1. The van der Waals surface area contributed by atoms with Crippen LogP contribution < -0.4 is 11.1 Å². The van der Waals surface area contributed by atoms with Crippen LogP contribution in [0.15, 0.2) is 29.1 Å². The molecule has 2 rings (SSSR count). The summed E-state index contributed by atoms with van der Waals surface area (Å²) in [7, 11) is 0. The van der Waals surface area contributed by atoms with E-state index in [0.717, 1.165) is 5.56 Å². The highest BCUT2D eigenvalue weighted by molar-refractivity contribution is 5.94. The molecular weight excluding hydrogens is 208 g/mol. The number of hydrogen-bond donors (Lipinski definition) is 2. The van der Waals surface area contributed by atoms with E-state index in [1.54, 1.807) is 19.2 Å². The van der Waals surface area contributed by atoms with Crippen molar-refractivity contribution in [1.82, 2.24) is 9.97 Å². The Hall–Kier alpha value is -2.37. The van der Waals surface area contributed by atoms with Gasteiger partial charge in [0.15, 0.2) is 0 Å². The first-order valence-electron chi connectivity index (χ1n) is 4.60. The number of nitrogens with one attached hydrogen (secondary N) is 1. The lowest BCUT2D eigenvalue weighted by Crippen LogP contribution is -2.13. The second-order valence-electron chi connectivity index (χ2n) is 3.21. The molecule has 82 valence electrons. The molecule has 16 heavy (non-hydrogen) atoms. The smallest absolute Gasteiger partial charge is 0.300 e. The summed E-state index contributed by atoms with van der Waals surface area (Å²) in [5, 5.41) is 2.81. The van der Waals surface area contributed by atoms with Crippen LogP contribution in [0.25, 0.3) is 0 Å². The van der Waals surface area contributed by atoms with E-state index in [2.05, 4.69) is 15.3 Å². The molecule has 2 heterocycles. The van der Waals surface area contributed by atoms with Gasteiger partial charge >= 0.3 is 0 Å². The van der Waals surface area contributed by atoms with E-state index in [9.17, 15) is 4.79 Å². The number of aromatic nitrogens is 2.